The molecule has 1 fully saturated rings. The van der Waals surface area contributed by atoms with E-state index in [1.165, 1.54) is 24.8 Å². The molecule has 94 valence electrons. The van der Waals surface area contributed by atoms with Crippen molar-refractivity contribution < 1.29 is 26.2 Å². The topological polar surface area (TPSA) is 0 Å². The molecule has 0 aromatic heterocycles. The Balaban J connectivity index is 0.00000120. The molecule has 3 aliphatic rings. The second kappa shape index (κ2) is 6.06. The molecule has 0 amide bonds. The van der Waals surface area contributed by atoms with Gasteiger partial charge in [0.25, 0.3) is 0 Å². The maximum absolute atomic E-state index is 7.05. The third-order valence-electron chi connectivity index (χ3n) is 4.39. The minimum absolute atomic E-state index is 0. The van der Waals surface area contributed by atoms with Crippen molar-refractivity contribution in [3.63, 3.8) is 0 Å². The molecule has 2 heteroatoms. The van der Waals surface area contributed by atoms with Crippen LogP contribution in [0.4, 0.5) is 0 Å². The number of rotatable bonds is 2. The zero-order valence-corrected chi connectivity index (χ0v) is 13.9. The predicted octanol–water partition coefficient (Wildman–Crippen LogP) is 4.92. The van der Waals surface area contributed by atoms with Crippen LogP contribution in [0.1, 0.15) is 38.5 Å². The first-order valence-electron chi connectivity index (χ1n) is 6.71. The van der Waals surface area contributed by atoms with Gasteiger partial charge in [0.15, 0.2) is 0 Å². The van der Waals surface area contributed by atoms with Crippen LogP contribution in [0.25, 0.3) is 0 Å². The molecule has 3 rings (SSSR count). The quantitative estimate of drug-likeness (QED) is 0.627. The van der Waals surface area contributed by atoms with Gasteiger partial charge in [-0.1, -0.05) is 54.9 Å². The first-order valence-corrected chi connectivity index (χ1v) is 7.09. The van der Waals surface area contributed by atoms with Gasteiger partial charge in [0.05, 0.1) is 4.87 Å². The molecule has 0 aromatic rings. The van der Waals surface area contributed by atoms with E-state index >= 15 is 0 Å². The average molecular weight is 338 g/mol. The van der Waals surface area contributed by atoms with Gasteiger partial charge in [-0.15, -0.1) is 11.6 Å². The van der Waals surface area contributed by atoms with Crippen molar-refractivity contribution in [3.8, 4) is 0 Å². The van der Waals surface area contributed by atoms with Gasteiger partial charge in [-0.3, -0.25) is 0 Å². The molecule has 0 spiro atoms. The fourth-order valence-electron chi connectivity index (χ4n) is 3.48. The normalized spacial score (nSPS) is 34.2. The van der Waals surface area contributed by atoms with Gasteiger partial charge in [-0.2, -0.15) is 0 Å². The Morgan fingerprint density at radius 3 is 2.50 bits per heavy atom. The molecule has 0 radical (unpaired) electrons. The van der Waals surface area contributed by atoms with E-state index in [0.717, 1.165) is 19.3 Å². The molecule has 0 aromatic carbocycles. The molecule has 1 saturated carbocycles. The molecule has 2 unspecified atom stereocenters. The van der Waals surface area contributed by atoms with Crippen LogP contribution < -0.4 is 0 Å². The van der Waals surface area contributed by atoms with Crippen molar-refractivity contribution in [2.75, 3.05) is 0 Å². The third kappa shape index (κ3) is 2.54. The van der Waals surface area contributed by atoms with Gasteiger partial charge < -0.3 is 0 Å². The molecular weight excluding hydrogens is 319 g/mol. The number of hydrogen-bond donors (Lipinski definition) is 0. The molecule has 0 saturated heterocycles. The summed E-state index contributed by atoms with van der Waals surface area (Å²) in [4.78, 5) is -0.0976. The van der Waals surface area contributed by atoms with Crippen LogP contribution in [0.2, 0.25) is 0 Å². The third-order valence-corrected chi connectivity index (χ3v) is 5.08. The largest absolute Gasteiger partial charge is 0.114 e. The number of allylic oxidation sites excluding steroid dienone is 8. The summed E-state index contributed by atoms with van der Waals surface area (Å²) in [5.74, 6) is 0.555. The predicted molar refractivity (Wildman–Crippen MR) is 74.2 cm³/mol. The van der Waals surface area contributed by atoms with Crippen LogP contribution in [0.5, 0.6) is 0 Å². The monoisotopic (exact) mass is 336 g/mol. The van der Waals surface area contributed by atoms with Gasteiger partial charge in [-0.25, -0.2) is 0 Å². The van der Waals surface area contributed by atoms with Crippen LogP contribution in [-0.4, -0.2) is 4.87 Å². The minimum Gasteiger partial charge on any atom is -0.114 e. The second-order valence-corrected chi connectivity index (χ2v) is 6.03. The summed E-state index contributed by atoms with van der Waals surface area (Å²) in [6, 6.07) is 0. The Labute approximate surface area is 134 Å². The molecule has 0 bridgehead atoms. The summed E-state index contributed by atoms with van der Waals surface area (Å²) in [5, 5.41) is 0. The Morgan fingerprint density at radius 2 is 1.83 bits per heavy atom. The zero-order valence-electron chi connectivity index (χ0n) is 10.7. The molecule has 18 heavy (non-hydrogen) atoms. The fraction of sp³-hybridized carbons (Fsp3) is 0.500. The van der Waals surface area contributed by atoms with Crippen molar-refractivity contribution in [3.05, 3.63) is 47.6 Å². The van der Waals surface area contributed by atoms with Crippen molar-refractivity contribution in [1.29, 1.82) is 0 Å². The summed E-state index contributed by atoms with van der Waals surface area (Å²) in [5.41, 5.74) is 2.99. The van der Waals surface area contributed by atoms with Gasteiger partial charge in [0.1, 0.15) is 0 Å². The number of halogens is 1. The van der Waals surface area contributed by atoms with Crippen molar-refractivity contribution in [2.45, 2.75) is 43.4 Å². The standard InChI is InChI=1S/C16H19Cl.Zr/c17-16(14-9-3-4-10-14)12-6-5-11-15(16)13-7-1-2-8-13;/h1-4,7,9,15H,5-6,8,10-12H2;. The number of alkyl halides is 1. The van der Waals surface area contributed by atoms with E-state index in [0.29, 0.717) is 5.92 Å². The zero-order chi connectivity index (χ0) is 11.7. The Morgan fingerprint density at radius 1 is 1.06 bits per heavy atom. The van der Waals surface area contributed by atoms with Crippen LogP contribution in [0, 0.1) is 5.92 Å². The first kappa shape index (κ1) is 14.5. The SMILES string of the molecule is ClC1(C2=CC=CC2)CCCCC1C1=CC=CC1.[Zr]. The number of hydrogen-bond acceptors (Lipinski definition) is 0. The molecule has 0 heterocycles. The van der Waals surface area contributed by atoms with E-state index in [-0.39, 0.29) is 31.1 Å². The maximum Gasteiger partial charge on any atom is 0.0726 e. The fourth-order valence-corrected chi connectivity index (χ4v) is 4.00. The molecule has 0 N–H and O–H groups in total. The van der Waals surface area contributed by atoms with E-state index < -0.39 is 0 Å². The summed E-state index contributed by atoms with van der Waals surface area (Å²) in [6.07, 6.45) is 20.5. The smallest absolute Gasteiger partial charge is 0.0726 e. The molecule has 0 aliphatic heterocycles. The van der Waals surface area contributed by atoms with Crippen LogP contribution in [0.3, 0.4) is 0 Å². The van der Waals surface area contributed by atoms with Gasteiger partial charge in [0.2, 0.25) is 0 Å². The molecular formula is C16H19ClZr. The maximum atomic E-state index is 7.05. The Hall–Kier alpha value is 0.133. The molecule has 3 aliphatic carbocycles. The van der Waals surface area contributed by atoms with E-state index in [2.05, 4.69) is 36.5 Å². The van der Waals surface area contributed by atoms with Crippen LogP contribution >= 0.6 is 11.6 Å². The minimum atomic E-state index is -0.0976. The Bertz CT molecular complexity index is 430. The van der Waals surface area contributed by atoms with Crippen LogP contribution in [-0.2, 0) is 26.2 Å². The van der Waals surface area contributed by atoms with Crippen molar-refractivity contribution in [2.24, 2.45) is 5.92 Å². The van der Waals surface area contributed by atoms with Gasteiger partial charge in [-0.05, 0) is 31.3 Å². The first-order chi connectivity index (χ1) is 8.31. The van der Waals surface area contributed by atoms with Gasteiger partial charge >= 0.3 is 0 Å². The van der Waals surface area contributed by atoms with Crippen LogP contribution in [0.15, 0.2) is 47.6 Å². The molecule has 0 nitrogen and oxygen atoms in total. The summed E-state index contributed by atoms with van der Waals surface area (Å²) in [6.45, 7) is 0. The average Bonchev–Trinajstić information content (AvgIpc) is 3.03. The summed E-state index contributed by atoms with van der Waals surface area (Å²) < 4.78 is 0. The van der Waals surface area contributed by atoms with Crippen molar-refractivity contribution >= 4 is 11.6 Å². The van der Waals surface area contributed by atoms with Crippen molar-refractivity contribution in [1.82, 2.24) is 0 Å². The Kier molecular flexibility index (Phi) is 4.89. The second-order valence-electron chi connectivity index (χ2n) is 5.36. The summed E-state index contributed by atoms with van der Waals surface area (Å²) in [7, 11) is 0. The van der Waals surface area contributed by atoms with Gasteiger partial charge in [0, 0.05) is 32.1 Å². The molecule has 2 atom stereocenters. The van der Waals surface area contributed by atoms with E-state index in [4.69, 9.17) is 11.6 Å². The van der Waals surface area contributed by atoms with E-state index in [9.17, 15) is 0 Å². The van der Waals surface area contributed by atoms with E-state index in [1.807, 2.05) is 0 Å². The summed E-state index contributed by atoms with van der Waals surface area (Å²) >= 11 is 7.05. The van der Waals surface area contributed by atoms with E-state index in [1.54, 1.807) is 5.57 Å².